The summed E-state index contributed by atoms with van der Waals surface area (Å²) in [6.45, 7) is 0.248. The number of rotatable bonds is 2. The van der Waals surface area contributed by atoms with Crippen molar-refractivity contribution in [2.45, 2.75) is 11.1 Å². The maximum absolute atomic E-state index is 12.6. The highest BCUT2D eigenvalue weighted by molar-refractivity contribution is 7.92. The van der Waals surface area contributed by atoms with Crippen molar-refractivity contribution >= 4 is 15.7 Å². The number of aryl methyl sites for hydroxylation is 1. The Balaban J connectivity index is 2.09. The number of benzene rings is 1. The summed E-state index contributed by atoms with van der Waals surface area (Å²) in [5, 5.41) is 0.0407. The van der Waals surface area contributed by atoms with Gasteiger partial charge in [0.15, 0.2) is 5.03 Å². The van der Waals surface area contributed by atoms with Gasteiger partial charge >= 0.3 is 0 Å². The third-order valence-corrected chi connectivity index (χ3v) is 4.87. The molecule has 1 aliphatic rings. The van der Waals surface area contributed by atoms with E-state index < -0.39 is 10.0 Å². The van der Waals surface area contributed by atoms with Gasteiger partial charge in [0.1, 0.15) is 0 Å². The van der Waals surface area contributed by atoms with Crippen LogP contribution < -0.4 is 10.0 Å². The Morgan fingerprint density at radius 3 is 2.79 bits per heavy atom. The molecule has 0 aliphatic carbocycles. The van der Waals surface area contributed by atoms with E-state index >= 15 is 0 Å². The molecule has 0 spiro atoms. The minimum atomic E-state index is -3.64. The van der Waals surface area contributed by atoms with Crippen LogP contribution in [0, 0.1) is 0 Å². The third-order valence-electron chi connectivity index (χ3n) is 3.20. The lowest BCUT2D eigenvalue weighted by atomic mass is 10.1. The van der Waals surface area contributed by atoms with Gasteiger partial charge in [-0.05, 0) is 11.6 Å². The predicted octanol–water partition coefficient (Wildman–Crippen LogP) is 0.629. The lowest BCUT2D eigenvalue weighted by Crippen LogP contribution is -2.31. The van der Waals surface area contributed by atoms with Gasteiger partial charge in [0, 0.05) is 13.2 Å². The molecular weight excluding hydrogens is 264 g/mol. The van der Waals surface area contributed by atoms with Crippen LogP contribution in [0.3, 0.4) is 0 Å². The average Bonchev–Trinajstić information content (AvgIpc) is 2.95. The molecule has 6 nitrogen and oxygen atoms in total. The molecule has 0 saturated carbocycles. The minimum Gasteiger partial charge on any atom is -0.339 e. The van der Waals surface area contributed by atoms with Gasteiger partial charge in [-0.1, -0.05) is 18.2 Å². The topological polar surface area (TPSA) is 81.2 Å². The van der Waals surface area contributed by atoms with Crippen LogP contribution >= 0.6 is 0 Å². The van der Waals surface area contributed by atoms with Crippen LogP contribution in [0.1, 0.15) is 11.6 Å². The van der Waals surface area contributed by atoms with E-state index in [9.17, 15) is 8.42 Å². The van der Waals surface area contributed by atoms with Gasteiger partial charge < -0.3 is 10.3 Å². The number of hydrogen-bond acceptors (Lipinski definition) is 4. The Labute approximate surface area is 111 Å². The highest BCUT2D eigenvalue weighted by atomic mass is 32.2. The van der Waals surface area contributed by atoms with E-state index in [-0.39, 0.29) is 17.6 Å². The van der Waals surface area contributed by atoms with E-state index in [2.05, 4.69) is 4.98 Å². The van der Waals surface area contributed by atoms with Gasteiger partial charge in [0.2, 0.25) is 0 Å². The fourth-order valence-corrected chi connectivity index (χ4v) is 3.75. The van der Waals surface area contributed by atoms with Gasteiger partial charge in [-0.3, -0.25) is 4.31 Å². The first kappa shape index (κ1) is 12.2. The molecule has 2 N–H and O–H groups in total. The number of sulfonamides is 1. The second kappa shape index (κ2) is 4.07. The third kappa shape index (κ3) is 1.82. The Kier molecular flexibility index (Phi) is 2.61. The number of anilines is 1. The molecule has 0 bridgehead atoms. The first-order valence-electron chi connectivity index (χ1n) is 5.85. The van der Waals surface area contributed by atoms with Crippen molar-refractivity contribution in [1.82, 2.24) is 9.55 Å². The van der Waals surface area contributed by atoms with E-state index in [1.54, 1.807) is 23.7 Å². The molecule has 1 atom stereocenters. The highest BCUT2D eigenvalue weighted by Crippen LogP contribution is 2.36. The largest absolute Gasteiger partial charge is 0.339 e. The molecule has 100 valence electrons. The Morgan fingerprint density at radius 2 is 2.11 bits per heavy atom. The van der Waals surface area contributed by atoms with Crippen LogP contribution in [0.4, 0.5) is 5.69 Å². The van der Waals surface area contributed by atoms with E-state index in [4.69, 9.17) is 5.73 Å². The molecule has 7 heteroatoms. The van der Waals surface area contributed by atoms with Crippen LogP contribution in [0.2, 0.25) is 0 Å². The SMILES string of the molecule is Cn1cnc(S(=O)(=O)N2C[C@H](N)c3ccccc32)c1. The van der Waals surface area contributed by atoms with E-state index in [0.717, 1.165) is 5.56 Å². The Bertz CT molecular complexity index is 723. The number of nitrogens with zero attached hydrogens (tertiary/aromatic N) is 3. The molecule has 1 aromatic carbocycles. The zero-order valence-electron chi connectivity index (χ0n) is 10.4. The molecule has 19 heavy (non-hydrogen) atoms. The minimum absolute atomic E-state index is 0.0407. The summed E-state index contributed by atoms with van der Waals surface area (Å²) in [5.41, 5.74) is 7.47. The highest BCUT2D eigenvalue weighted by Gasteiger charge is 2.35. The summed E-state index contributed by atoms with van der Waals surface area (Å²) in [4.78, 5) is 3.92. The zero-order valence-corrected chi connectivity index (χ0v) is 11.2. The van der Waals surface area contributed by atoms with Crippen molar-refractivity contribution in [3.05, 3.63) is 42.4 Å². The second-order valence-electron chi connectivity index (χ2n) is 4.58. The molecule has 1 aromatic heterocycles. The monoisotopic (exact) mass is 278 g/mol. The predicted molar refractivity (Wildman–Crippen MR) is 71.1 cm³/mol. The molecular formula is C12H14N4O2S. The lowest BCUT2D eigenvalue weighted by Gasteiger charge is -2.17. The molecule has 3 rings (SSSR count). The first-order valence-corrected chi connectivity index (χ1v) is 7.29. The summed E-state index contributed by atoms with van der Waals surface area (Å²) in [6.07, 6.45) is 2.95. The van der Waals surface area contributed by atoms with Crippen LogP contribution in [0.25, 0.3) is 0 Å². The summed E-state index contributed by atoms with van der Waals surface area (Å²) < 4.78 is 28.0. The zero-order chi connectivity index (χ0) is 13.6. The number of fused-ring (bicyclic) bond motifs is 1. The standard InChI is InChI=1S/C12H14N4O2S/c1-15-7-12(14-8-15)19(17,18)16-6-10(13)9-4-2-3-5-11(9)16/h2-5,7-8,10H,6,13H2,1H3/t10-/m0/s1. The lowest BCUT2D eigenvalue weighted by molar-refractivity contribution is 0.586. The average molecular weight is 278 g/mol. The molecule has 2 heterocycles. The Hall–Kier alpha value is -1.86. The fourth-order valence-electron chi connectivity index (χ4n) is 2.27. The van der Waals surface area contributed by atoms with Crippen LogP contribution in [-0.2, 0) is 17.1 Å². The van der Waals surface area contributed by atoms with Crippen molar-refractivity contribution < 1.29 is 8.42 Å². The number of nitrogens with two attached hydrogens (primary N) is 1. The van der Waals surface area contributed by atoms with E-state index in [1.165, 1.54) is 16.8 Å². The number of aromatic nitrogens is 2. The summed E-state index contributed by atoms with van der Waals surface area (Å²) in [7, 11) is -1.91. The maximum atomic E-state index is 12.6. The molecule has 0 radical (unpaired) electrons. The van der Waals surface area contributed by atoms with Gasteiger partial charge in [-0.25, -0.2) is 4.98 Å². The van der Waals surface area contributed by atoms with Crippen molar-refractivity contribution in [3.63, 3.8) is 0 Å². The van der Waals surface area contributed by atoms with Crippen molar-refractivity contribution in [2.75, 3.05) is 10.8 Å². The molecule has 0 fully saturated rings. The maximum Gasteiger partial charge on any atom is 0.283 e. The number of para-hydroxylation sites is 1. The quantitative estimate of drug-likeness (QED) is 0.873. The van der Waals surface area contributed by atoms with E-state index in [1.807, 2.05) is 12.1 Å². The molecule has 0 unspecified atom stereocenters. The first-order chi connectivity index (χ1) is 9.00. The van der Waals surface area contributed by atoms with Gasteiger partial charge in [0.05, 0.1) is 24.6 Å². The van der Waals surface area contributed by atoms with Gasteiger partial charge in [0.25, 0.3) is 10.0 Å². The number of imidazole rings is 1. The van der Waals surface area contributed by atoms with Crippen molar-refractivity contribution in [2.24, 2.45) is 12.8 Å². The summed E-state index contributed by atoms with van der Waals surface area (Å²) >= 11 is 0. The number of hydrogen-bond donors (Lipinski definition) is 1. The van der Waals surface area contributed by atoms with Crippen LogP contribution in [-0.4, -0.2) is 24.5 Å². The van der Waals surface area contributed by atoms with Crippen molar-refractivity contribution in [3.8, 4) is 0 Å². The van der Waals surface area contributed by atoms with Crippen LogP contribution in [0.15, 0.2) is 41.8 Å². The smallest absolute Gasteiger partial charge is 0.283 e. The summed E-state index contributed by atoms with van der Waals surface area (Å²) in [5.74, 6) is 0. The van der Waals surface area contributed by atoms with E-state index in [0.29, 0.717) is 5.69 Å². The Morgan fingerprint density at radius 1 is 1.37 bits per heavy atom. The van der Waals surface area contributed by atoms with Gasteiger partial charge in [-0.15, -0.1) is 0 Å². The summed E-state index contributed by atoms with van der Waals surface area (Å²) in [6, 6.07) is 6.99. The molecule has 0 saturated heterocycles. The molecule has 2 aromatic rings. The fraction of sp³-hybridized carbons (Fsp3) is 0.250. The molecule has 0 amide bonds. The van der Waals surface area contributed by atoms with Crippen molar-refractivity contribution in [1.29, 1.82) is 0 Å². The van der Waals surface area contributed by atoms with Crippen LogP contribution in [0.5, 0.6) is 0 Å². The molecule has 1 aliphatic heterocycles. The normalized spacial score (nSPS) is 18.6. The second-order valence-corrected chi connectivity index (χ2v) is 6.39. The van der Waals surface area contributed by atoms with Gasteiger partial charge in [-0.2, -0.15) is 8.42 Å².